The van der Waals surface area contributed by atoms with Crippen molar-refractivity contribution in [3.8, 4) is 0 Å². The third-order valence-corrected chi connectivity index (χ3v) is 4.46. The van der Waals surface area contributed by atoms with Gasteiger partial charge in [-0.05, 0) is 24.8 Å². The van der Waals surface area contributed by atoms with Crippen molar-refractivity contribution in [2.45, 2.75) is 51.9 Å². The summed E-state index contributed by atoms with van der Waals surface area (Å²) in [7, 11) is 0. The zero-order valence-corrected chi connectivity index (χ0v) is 13.8. The van der Waals surface area contributed by atoms with Crippen molar-refractivity contribution < 1.29 is 14.7 Å². The van der Waals surface area contributed by atoms with Gasteiger partial charge in [0.2, 0.25) is 5.91 Å². The highest BCUT2D eigenvalue weighted by Gasteiger charge is 2.36. The van der Waals surface area contributed by atoms with Gasteiger partial charge < -0.3 is 10.4 Å². The summed E-state index contributed by atoms with van der Waals surface area (Å²) in [5.41, 5.74) is 0.399. The van der Waals surface area contributed by atoms with E-state index in [1.807, 2.05) is 51.1 Å². The number of amides is 1. The summed E-state index contributed by atoms with van der Waals surface area (Å²) < 4.78 is 0. The Hall–Kier alpha value is -1.84. The van der Waals surface area contributed by atoms with Crippen LogP contribution in [0, 0.1) is 5.92 Å². The molecule has 1 amide bonds. The summed E-state index contributed by atoms with van der Waals surface area (Å²) in [6, 6.07) is 9.72. The summed E-state index contributed by atoms with van der Waals surface area (Å²) in [6.07, 6.45) is 2.74. The second kappa shape index (κ2) is 8.57. The van der Waals surface area contributed by atoms with E-state index in [4.69, 9.17) is 0 Å². The van der Waals surface area contributed by atoms with Crippen molar-refractivity contribution in [2.24, 2.45) is 5.92 Å². The molecule has 4 nitrogen and oxygen atoms in total. The van der Waals surface area contributed by atoms with Gasteiger partial charge in [-0.25, -0.2) is 0 Å². The molecule has 1 aromatic rings. The number of benzene rings is 1. The van der Waals surface area contributed by atoms with Gasteiger partial charge in [0.15, 0.2) is 0 Å². The molecule has 1 aromatic carbocycles. The van der Waals surface area contributed by atoms with Crippen LogP contribution in [0.5, 0.6) is 0 Å². The Labute approximate surface area is 132 Å². The maximum absolute atomic E-state index is 12.8. The number of hydrogen-bond donors (Lipinski definition) is 2. The second-order valence-corrected chi connectivity index (χ2v) is 5.69. The molecule has 0 bridgehead atoms. The average molecular weight is 305 g/mol. The third-order valence-electron chi connectivity index (χ3n) is 4.46. The largest absolute Gasteiger partial charge is 0.481 e. The number of nitrogens with one attached hydrogen (secondary N) is 1. The fourth-order valence-corrected chi connectivity index (χ4v) is 2.91. The predicted octanol–water partition coefficient (Wildman–Crippen LogP) is 3.36. The maximum Gasteiger partial charge on any atom is 0.308 e. The molecule has 0 aliphatic rings. The van der Waals surface area contributed by atoms with Crippen molar-refractivity contribution in [1.82, 2.24) is 5.32 Å². The van der Waals surface area contributed by atoms with Crippen LogP contribution in [0.3, 0.4) is 0 Å². The van der Waals surface area contributed by atoms with Gasteiger partial charge in [0.1, 0.15) is 0 Å². The molecule has 1 rings (SSSR count). The van der Waals surface area contributed by atoms with E-state index < -0.39 is 17.3 Å². The molecule has 0 fully saturated rings. The number of carboxylic acids is 1. The van der Waals surface area contributed by atoms with E-state index in [0.717, 1.165) is 12.0 Å². The lowest BCUT2D eigenvalue weighted by molar-refractivity contribution is -0.142. The molecule has 1 unspecified atom stereocenters. The Bertz CT molecular complexity index is 480. The predicted molar refractivity (Wildman–Crippen MR) is 87.7 cm³/mol. The molecule has 0 saturated carbocycles. The summed E-state index contributed by atoms with van der Waals surface area (Å²) in [5, 5.41) is 12.1. The third kappa shape index (κ3) is 4.09. The minimum absolute atomic E-state index is 0.0777. The fraction of sp³-hybridized carbons (Fsp3) is 0.556. The van der Waals surface area contributed by atoms with Crippen LogP contribution in [0.15, 0.2) is 30.3 Å². The lowest BCUT2D eigenvalue weighted by Crippen LogP contribution is -2.46. The van der Waals surface area contributed by atoms with Crippen LogP contribution in [-0.4, -0.2) is 23.5 Å². The fourth-order valence-electron chi connectivity index (χ4n) is 2.91. The van der Waals surface area contributed by atoms with Crippen LogP contribution in [0.25, 0.3) is 0 Å². The van der Waals surface area contributed by atoms with Gasteiger partial charge >= 0.3 is 5.97 Å². The van der Waals surface area contributed by atoms with Gasteiger partial charge in [0.25, 0.3) is 0 Å². The lowest BCUT2D eigenvalue weighted by Gasteiger charge is -2.31. The van der Waals surface area contributed by atoms with E-state index in [-0.39, 0.29) is 12.5 Å². The van der Waals surface area contributed by atoms with Crippen LogP contribution in [0.4, 0.5) is 0 Å². The molecule has 0 radical (unpaired) electrons. The molecular weight excluding hydrogens is 278 g/mol. The first-order valence-electron chi connectivity index (χ1n) is 8.08. The number of hydrogen-bond acceptors (Lipinski definition) is 2. The van der Waals surface area contributed by atoms with Crippen LogP contribution in [-0.2, 0) is 15.0 Å². The van der Waals surface area contributed by atoms with Gasteiger partial charge in [-0.3, -0.25) is 9.59 Å². The number of carbonyl (C=O) groups is 2. The number of carbonyl (C=O) groups excluding carboxylic acids is 1. The van der Waals surface area contributed by atoms with Crippen molar-refractivity contribution in [3.63, 3.8) is 0 Å². The van der Waals surface area contributed by atoms with Gasteiger partial charge in [-0.1, -0.05) is 57.5 Å². The Balaban J connectivity index is 2.89. The summed E-state index contributed by atoms with van der Waals surface area (Å²) in [4.78, 5) is 24.0. The van der Waals surface area contributed by atoms with Gasteiger partial charge in [0, 0.05) is 6.54 Å². The molecule has 22 heavy (non-hydrogen) atoms. The Morgan fingerprint density at radius 3 is 2.18 bits per heavy atom. The second-order valence-electron chi connectivity index (χ2n) is 5.69. The molecule has 0 heterocycles. The van der Waals surface area contributed by atoms with E-state index in [0.29, 0.717) is 19.3 Å². The lowest BCUT2D eigenvalue weighted by atomic mass is 9.75. The van der Waals surface area contributed by atoms with Gasteiger partial charge in [-0.2, -0.15) is 0 Å². The minimum Gasteiger partial charge on any atom is -0.481 e. The molecule has 0 aromatic heterocycles. The molecule has 1 atom stereocenters. The number of carboxylic acid groups (broad SMARTS) is 1. The van der Waals surface area contributed by atoms with E-state index in [1.54, 1.807) is 0 Å². The van der Waals surface area contributed by atoms with Crippen molar-refractivity contribution in [2.75, 3.05) is 6.54 Å². The Kier molecular flexibility index (Phi) is 7.09. The number of aliphatic carboxylic acids is 1. The van der Waals surface area contributed by atoms with Crippen molar-refractivity contribution in [1.29, 1.82) is 0 Å². The topological polar surface area (TPSA) is 66.4 Å². The summed E-state index contributed by atoms with van der Waals surface area (Å²) in [6.45, 7) is 6.13. The minimum atomic E-state index is -0.847. The Morgan fingerprint density at radius 2 is 1.73 bits per heavy atom. The van der Waals surface area contributed by atoms with E-state index >= 15 is 0 Å². The smallest absolute Gasteiger partial charge is 0.308 e. The molecule has 2 N–H and O–H groups in total. The van der Waals surface area contributed by atoms with E-state index in [2.05, 4.69) is 5.32 Å². The van der Waals surface area contributed by atoms with Crippen LogP contribution in [0.1, 0.15) is 52.0 Å². The zero-order valence-electron chi connectivity index (χ0n) is 13.8. The highest BCUT2D eigenvalue weighted by Crippen LogP contribution is 2.32. The monoisotopic (exact) mass is 305 g/mol. The first kappa shape index (κ1) is 18.2. The summed E-state index contributed by atoms with van der Waals surface area (Å²) >= 11 is 0. The van der Waals surface area contributed by atoms with Crippen LogP contribution < -0.4 is 5.32 Å². The first-order chi connectivity index (χ1) is 10.5. The summed E-state index contributed by atoms with van der Waals surface area (Å²) in [5.74, 6) is -1.44. The van der Waals surface area contributed by atoms with Crippen molar-refractivity contribution in [3.05, 3.63) is 35.9 Å². The molecule has 0 aliphatic heterocycles. The molecular formula is C18H27NO3. The SMILES string of the molecule is CCCC(CNC(=O)C(CC)(CC)c1ccccc1)C(=O)O. The molecule has 0 saturated heterocycles. The number of rotatable bonds is 9. The van der Waals surface area contributed by atoms with Crippen LogP contribution in [0.2, 0.25) is 0 Å². The quantitative estimate of drug-likeness (QED) is 0.735. The van der Waals surface area contributed by atoms with Crippen molar-refractivity contribution >= 4 is 11.9 Å². The maximum atomic E-state index is 12.8. The first-order valence-corrected chi connectivity index (χ1v) is 8.08. The van der Waals surface area contributed by atoms with Gasteiger partial charge in [0.05, 0.1) is 11.3 Å². The van der Waals surface area contributed by atoms with Crippen LogP contribution >= 0.6 is 0 Å². The molecule has 122 valence electrons. The van der Waals surface area contributed by atoms with Gasteiger partial charge in [-0.15, -0.1) is 0 Å². The standard InChI is InChI=1S/C18H27NO3/c1-4-10-14(16(20)21)13-19-17(22)18(5-2,6-3)15-11-8-7-9-12-15/h7-9,11-12,14H,4-6,10,13H2,1-3H3,(H,19,22)(H,20,21). The average Bonchev–Trinajstić information content (AvgIpc) is 2.54. The highest BCUT2D eigenvalue weighted by molar-refractivity contribution is 5.88. The zero-order chi connectivity index (χ0) is 16.6. The molecule has 0 spiro atoms. The normalized spacial score (nSPS) is 12.7. The highest BCUT2D eigenvalue weighted by atomic mass is 16.4. The molecule has 0 aliphatic carbocycles. The van der Waals surface area contributed by atoms with E-state index in [9.17, 15) is 14.7 Å². The Morgan fingerprint density at radius 1 is 1.14 bits per heavy atom. The van der Waals surface area contributed by atoms with E-state index in [1.165, 1.54) is 0 Å². The molecule has 4 heteroatoms.